The fraction of sp³-hybridized carbons (Fsp3) is 0.500. The van der Waals surface area contributed by atoms with Crippen molar-refractivity contribution < 1.29 is 14.3 Å². The summed E-state index contributed by atoms with van der Waals surface area (Å²) < 4.78 is 10.2. The Hall–Kier alpha value is -1.45. The van der Waals surface area contributed by atoms with Gasteiger partial charge in [0.25, 0.3) is 0 Å². The maximum absolute atomic E-state index is 11.2. The van der Waals surface area contributed by atoms with Crippen LogP contribution in [0.2, 0.25) is 0 Å². The van der Waals surface area contributed by atoms with Crippen LogP contribution < -0.4 is 5.73 Å². The molecular formula is C10H15NO3. The van der Waals surface area contributed by atoms with Crippen LogP contribution in [-0.4, -0.2) is 20.1 Å². The van der Waals surface area contributed by atoms with Gasteiger partial charge in [0.1, 0.15) is 11.5 Å². The summed E-state index contributed by atoms with van der Waals surface area (Å²) in [6.07, 6.45) is 4.01. The number of nitrogens with two attached hydrogens (primary N) is 1. The molecule has 1 aliphatic rings. The van der Waals surface area contributed by atoms with Crippen LogP contribution in [0.3, 0.4) is 0 Å². The number of methoxy groups -OCH3 is 2. The SMILES string of the molecule is COC1=CC(C)(C(N)=O)C=C(OC)C1. The van der Waals surface area contributed by atoms with Crippen LogP contribution in [0.1, 0.15) is 13.3 Å². The smallest absolute Gasteiger partial charge is 0.231 e. The molecule has 0 saturated carbocycles. The minimum absolute atomic E-state index is 0.415. The minimum Gasteiger partial charge on any atom is -0.501 e. The summed E-state index contributed by atoms with van der Waals surface area (Å²) in [5.74, 6) is 0.984. The molecule has 4 heteroatoms. The zero-order valence-electron chi connectivity index (χ0n) is 8.66. The van der Waals surface area contributed by atoms with Gasteiger partial charge < -0.3 is 15.2 Å². The van der Waals surface area contributed by atoms with Gasteiger partial charge in [0.2, 0.25) is 5.91 Å². The van der Waals surface area contributed by atoms with Crippen LogP contribution in [0.15, 0.2) is 23.7 Å². The first-order valence-corrected chi connectivity index (χ1v) is 4.33. The van der Waals surface area contributed by atoms with Crippen molar-refractivity contribution in [3.8, 4) is 0 Å². The summed E-state index contributed by atoms with van der Waals surface area (Å²) in [7, 11) is 3.12. The lowest BCUT2D eigenvalue weighted by Crippen LogP contribution is -2.33. The number of primary amides is 1. The zero-order chi connectivity index (χ0) is 10.8. The fourth-order valence-corrected chi connectivity index (χ4v) is 1.39. The van der Waals surface area contributed by atoms with Crippen LogP contribution in [0.25, 0.3) is 0 Å². The lowest BCUT2D eigenvalue weighted by Gasteiger charge is -2.25. The Labute approximate surface area is 83.4 Å². The molecule has 0 saturated heterocycles. The molecule has 0 bridgehead atoms. The number of amides is 1. The summed E-state index contributed by atoms with van der Waals surface area (Å²) in [5.41, 5.74) is 4.49. The van der Waals surface area contributed by atoms with Gasteiger partial charge in [-0.25, -0.2) is 0 Å². The van der Waals surface area contributed by atoms with E-state index in [1.807, 2.05) is 0 Å². The van der Waals surface area contributed by atoms with Gasteiger partial charge in [-0.2, -0.15) is 0 Å². The third-order valence-corrected chi connectivity index (χ3v) is 2.33. The first-order valence-electron chi connectivity index (χ1n) is 4.33. The highest BCUT2D eigenvalue weighted by atomic mass is 16.5. The molecule has 0 aliphatic heterocycles. The van der Waals surface area contributed by atoms with Crippen LogP contribution in [-0.2, 0) is 14.3 Å². The molecule has 0 unspecified atom stereocenters. The second kappa shape index (κ2) is 3.74. The van der Waals surface area contributed by atoms with E-state index < -0.39 is 11.3 Å². The van der Waals surface area contributed by atoms with E-state index in [0.29, 0.717) is 17.9 Å². The number of carbonyl (C=O) groups excluding carboxylic acids is 1. The maximum atomic E-state index is 11.2. The van der Waals surface area contributed by atoms with Crippen molar-refractivity contribution in [2.45, 2.75) is 13.3 Å². The highest BCUT2D eigenvalue weighted by Crippen LogP contribution is 2.32. The number of hydrogen-bond donors (Lipinski definition) is 1. The van der Waals surface area contributed by atoms with E-state index in [2.05, 4.69) is 0 Å². The van der Waals surface area contributed by atoms with Crippen LogP contribution in [0.4, 0.5) is 0 Å². The lowest BCUT2D eigenvalue weighted by atomic mass is 9.84. The van der Waals surface area contributed by atoms with Gasteiger partial charge >= 0.3 is 0 Å². The van der Waals surface area contributed by atoms with Gasteiger partial charge in [0.05, 0.1) is 26.1 Å². The van der Waals surface area contributed by atoms with Gasteiger partial charge in [0.15, 0.2) is 0 Å². The molecular weight excluding hydrogens is 182 g/mol. The normalized spacial score (nSPS) is 19.4. The van der Waals surface area contributed by atoms with Crippen molar-refractivity contribution in [3.05, 3.63) is 23.7 Å². The van der Waals surface area contributed by atoms with Crippen LogP contribution in [0, 0.1) is 5.41 Å². The van der Waals surface area contributed by atoms with Crippen LogP contribution in [0.5, 0.6) is 0 Å². The zero-order valence-corrected chi connectivity index (χ0v) is 8.66. The molecule has 1 amide bonds. The molecule has 4 nitrogen and oxygen atoms in total. The predicted octanol–water partition coefficient (Wildman–Crippen LogP) is 0.942. The monoisotopic (exact) mass is 197 g/mol. The molecule has 0 aromatic rings. The molecule has 14 heavy (non-hydrogen) atoms. The second-order valence-electron chi connectivity index (χ2n) is 3.45. The van der Waals surface area contributed by atoms with E-state index in [-0.39, 0.29) is 0 Å². The second-order valence-corrected chi connectivity index (χ2v) is 3.45. The number of hydrogen-bond acceptors (Lipinski definition) is 3. The van der Waals surface area contributed by atoms with E-state index in [0.717, 1.165) is 0 Å². The van der Waals surface area contributed by atoms with Gasteiger partial charge in [0, 0.05) is 0 Å². The number of rotatable bonds is 3. The van der Waals surface area contributed by atoms with Gasteiger partial charge in [-0.3, -0.25) is 4.79 Å². The Morgan fingerprint density at radius 1 is 1.36 bits per heavy atom. The first-order chi connectivity index (χ1) is 6.51. The molecule has 1 aliphatic carbocycles. The fourth-order valence-electron chi connectivity index (χ4n) is 1.39. The van der Waals surface area contributed by atoms with Gasteiger partial charge in [-0.15, -0.1) is 0 Å². The molecule has 0 aromatic heterocycles. The van der Waals surface area contributed by atoms with E-state index in [1.54, 1.807) is 33.3 Å². The molecule has 0 fully saturated rings. The summed E-state index contributed by atoms with van der Waals surface area (Å²) in [6.45, 7) is 1.73. The summed E-state index contributed by atoms with van der Waals surface area (Å²) in [5, 5.41) is 0. The minimum atomic E-state index is -0.811. The molecule has 0 heterocycles. The van der Waals surface area contributed by atoms with E-state index in [1.165, 1.54) is 0 Å². The quantitative estimate of drug-likeness (QED) is 0.732. The Bertz CT molecular complexity index is 284. The Morgan fingerprint density at radius 3 is 2.07 bits per heavy atom. The van der Waals surface area contributed by atoms with Crippen molar-refractivity contribution >= 4 is 5.91 Å². The van der Waals surface area contributed by atoms with Crippen molar-refractivity contribution in [1.82, 2.24) is 0 Å². The first kappa shape index (κ1) is 10.6. The molecule has 0 aromatic carbocycles. The lowest BCUT2D eigenvalue weighted by molar-refractivity contribution is -0.122. The third-order valence-electron chi connectivity index (χ3n) is 2.33. The maximum Gasteiger partial charge on any atom is 0.231 e. The summed E-state index contributed by atoms with van der Waals surface area (Å²) >= 11 is 0. The van der Waals surface area contributed by atoms with Gasteiger partial charge in [-0.05, 0) is 19.1 Å². The van der Waals surface area contributed by atoms with E-state index in [9.17, 15) is 4.79 Å². The topological polar surface area (TPSA) is 61.5 Å². The number of carbonyl (C=O) groups is 1. The van der Waals surface area contributed by atoms with E-state index in [4.69, 9.17) is 15.2 Å². The van der Waals surface area contributed by atoms with E-state index >= 15 is 0 Å². The predicted molar refractivity (Wildman–Crippen MR) is 52.1 cm³/mol. The van der Waals surface area contributed by atoms with Crippen LogP contribution >= 0.6 is 0 Å². The average Bonchev–Trinajstić information content (AvgIpc) is 2.16. The third kappa shape index (κ3) is 1.89. The Kier molecular flexibility index (Phi) is 2.84. The molecule has 2 N–H and O–H groups in total. The molecule has 78 valence electrons. The summed E-state index contributed by atoms with van der Waals surface area (Å²) in [4.78, 5) is 11.2. The molecule has 0 spiro atoms. The largest absolute Gasteiger partial charge is 0.501 e. The average molecular weight is 197 g/mol. The highest BCUT2D eigenvalue weighted by molar-refractivity contribution is 5.85. The Balaban J connectivity index is 3.04. The number of ether oxygens (including phenoxy) is 2. The molecule has 0 atom stereocenters. The molecule has 0 radical (unpaired) electrons. The van der Waals surface area contributed by atoms with Gasteiger partial charge in [-0.1, -0.05) is 0 Å². The Morgan fingerprint density at radius 2 is 1.79 bits per heavy atom. The van der Waals surface area contributed by atoms with Crippen molar-refractivity contribution in [2.24, 2.45) is 11.1 Å². The summed E-state index contributed by atoms with van der Waals surface area (Å²) in [6, 6.07) is 0. The molecule has 1 rings (SSSR count). The standard InChI is InChI=1S/C10H15NO3/c1-10(9(11)12)5-7(13-2)4-8(6-10)14-3/h5-6H,4H2,1-3H3,(H2,11,12). The van der Waals surface area contributed by atoms with Crippen molar-refractivity contribution in [2.75, 3.05) is 14.2 Å². The van der Waals surface area contributed by atoms with Crippen molar-refractivity contribution in [1.29, 1.82) is 0 Å². The highest BCUT2D eigenvalue weighted by Gasteiger charge is 2.31. The van der Waals surface area contributed by atoms with Crippen molar-refractivity contribution in [3.63, 3.8) is 0 Å².